The molecular weight excluding hydrogens is 286 g/mol. The second kappa shape index (κ2) is 5.76. The van der Waals surface area contributed by atoms with Gasteiger partial charge in [0.05, 0.1) is 5.69 Å². The fourth-order valence-corrected chi connectivity index (χ4v) is 2.50. The first-order valence-electron chi connectivity index (χ1n) is 6.32. The van der Waals surface area contributed by atoms with Crippen LogP contribution in [0.3, 0.4) is 0 Å². The number of hydrazine groups is 1. The Hall–Kier alpha value is -2.67. The van der Waals surface area contributed by atoms with Gasteiger partial charge in [-0.15, -0.1) is 11.3 Å². The van der Waals surface area contributed by atoms with E-state index in [9.17, 15) is 4.79 Å². The maximum Gasteiger partial charge on any atom is 0.252 e. The third kappa shape index (κ3) is 3.26. The Morgan fingerprint density at radius 1 is 1.14 bits per heavy atom. The second-order valence-corrected chi connectivity index (χ2v) is 5.25. The van der Waals surface area contributed by atoms with Crippen LogP contribution in [-0.2, 0) is 0 Å². The molecule has 3 N–H and O–H groups in total. The lowest BCUT2D eigenvalue weighted by atomic mass is 10.2. The van der Waals surface area contributed by atoms with Crippen LogP contribution in [-0.4, -0.2) is 15.0 Å². The Bertz CT molecular complexity index is 796. The highest BCUT2D eigenvalue weighted by atomic mass is 32.1. The molecule has 0 saturated carbocycles. The van der Waals surface area contributed by atoms with Crippen molar-refractivity contribution in [1.29, 1.82) is 0 Å². The zero-order chi connectivity index (χ0) is 14.7. The fraction of sp³-hybridized carbons (Fsp3) is 0.0714. The summed E-state index contributed by atoms with van der Waals surface area (Å²) in [5, 5.41) is 2.66. The minimum atomic E-state index is -0.198. The van der Waals surface area contributed by atoms with Crippen molar-refractivity contribution in [2.45, 2.75) is 6.92 Å². The molecule has 7 heteroatoms. The van der Waals surface area contributed by atoms with Crippen LogP contribution >= 0.6 is 11.3 Å². The van der Waals surface area contributed by atoms with Crippen LogP contribution in [0.2, 0.25) is 0 Å². The van der Waals surface area contributed by atoms with Crippen LogP contribution in [0.25, 0.3) is 11.3 Å². The van der Waals surface area contributed by atoms with E-state index in [2.05, 4.69) is 25.8 Å². The van der Waals surface area contributed by atoms with Crippen LogP contribution in [0.15, 0.2) is 46.6 Å². The fourth-order valence-electron chi connectivity index (χ4n) is 1.82. The SMILES string of the molecule is Cc1cc(=O)[nH]c(NNc2nc(-c3ccccc3)cs2)n1. The molecule has 3 aromatic rings. The summed E-state index contributed by atoms with van der Waals surface area (Å²) in [6.45, 7) is 1.76. The number of nitrogens with one attached hydrogen (secondary N) is 3. The first-order chi connectivity index (χ1) is 10.2. The van der Waals surface area contributed by atoms with Crippen LogP contribution in [0, 0.1) is 6.92 Å². The van der Waals surface area contributed by atoms with Gasteiger partial charge in [0.2, 0.25) is 11.1 Å². The third-order valence-electron chi connectivity index (χ3n) is 2.73. The van der Waals surface area contributed by atoms with Gasteiger partial charge in [0.15, 0.2) is 0 Å². The number of anilines is 2. The van der Waals surface area contributed by atoms with Gasteiger partial charge in [0.25, 0.3) is 5.56 Å². The van der Waals surface area contributed by atoms with Crippen molar-refractivity contribution in [3.05, 3.63) is 57.8 Å². The maximum atomic E-state index is 11.3. The number of aromatic nitrogens is 3. The van der Waals surface area contributed by atoms with Crippen molar-refractivity contribution in [2.24, 2.45) is 0 Å². The van der Waals surface area contributed by atoms with E-state index in [-0.39, 0.29) is 5.56 Å². The highest BCUT2D eigenvalue weighted by Gasteiger charge is 2.04. The monoisotopic (exact) mass is 299 g/mol. The molecule has 0 aliphatic rings. The smallest absolute Gasteiger partial charge is 0.252 e. The van der Waals surface area contributed by atoms with E-state index in [1.54, 1.807) is 6.92 Å². The molecule has 0 aliphatic carbocycles. The van der Waals surface area contributed by atoms with E-state index < -0.39 is 0 Å². The molecule has 2 heterocycles. The summed E-state index contributed by atoms with van der Waals surface area (Å²) in [5.74, 6) is 0.358. The van der Waals surface area contributed by atoms with E-state index in [1.807, 2.05) is 35.7 Å². The number of hydrogen-bond donors (Lipinski definition) is 3. The number of thiazole rings is 1. The lowest BCUT2D eigenvalue weighted by Gasteiger charge is -2.05. The molecule has 0 spiro atoms. The summed E-state index contributed by atoms with van der Waals surface area (Å²) < 4.78 is 0. The minimum absolute atomic E-state index is 0.198. The normalized spacial score (nSPS) is 10.3. The van der Waals surface area contributed by atoms with Crippen molar-refractivity contribution >= 4 is 22.4 Å². The lowest BCUT2D eigenvalue weighted by Crippen LogP contribution is -2.16. The largest absolute Gasteiger partial charge is 0.291 e. The quantitative estimate of drug-likeness (QED) is 0.645. The van der Waals surface area contributed by atoms with Crippen molar-refractivity contribution in [3.63, 3.8) is 0 Å². The Labute approximate surface area is 124 Å². The Kier molecular flexibility index (Phi) is 3.65. The number of rotatable bonds is 4. The minimum Gasteiger partial charge on any atom is -0.291 e. The molecule has 106 valence electrons. The molecule has 21 heavy (non-hydrogen) atoms. The summed E-state index contributed by atoms with van der Waals surface area (Å²) in [4.78, 5) is 22.6. The highest BCUT2D eigenvalue weighted by molar-refractivity contribution is 7.14. The Morgan fingerprint density at radius 2 is 1.95 bits per heavy atom. The summed E-state index contributed by atoms with van der Waals surface area (Å²) >= 11 is 1.47. The van der Waals surface area contributed by atoms with Crippen LogP contribution < -0.4 is 16.4 Å². The van der Waals surface area contributed by atoms with E-state index in [4.69, 9.17) is 0 Å². The lowest BCUT2D eigenvalue weighted by molar-refractivity contribution is 1.05. The molecule has 0 atom stereocenters. The number of benzene rings is 1. The van der Waals surface area contributed by atoms with E-state index in [1.165, 1.54) is 17.4 Å². The molecule has 0 fully saturated rings. The van der Waals surface area contributed by atoms with Gasteiger partial charge in [0, 0.05) is 22.7 Å². The van der Waals surface area contributed by atoms with Crippen LogP contribution in [0.1, 0.15) is 5.69 Å². The predicted octanol–water partition coefficient (Wildman–Crippen LogP) is 2.64. The molecule has 3 rings (SSSR count). The molecular formula is C14H13N5OS. The summed E-state index contributed by atoms with van der Waals surface area (Å²) in [6, 6.07) is 11.4. The van der Waals surface area contributed by atoms with Gasteiger partial charge in [-0.1, -0.05) is 30.3 Å². The predicted molar refractivity (Wildman–Crippen MR) is 84.4 cm³/mol. The molecule has 0 bridgehead atoms. The van der Waals surface area contributed by atoms with Gasteiger partial charge < -0.3 is 0 Å². The zero-order valence-electron chi connectivity index (χ0n) is 11.3. The Balaban J connectivity index is 1.72. The van der Waals surface area contributed by atoms with E-state index in [0.29, 0.717) is 16.8 Å². The summed E-state index contributed by atoms with van der Waals surface area (Å²) in [7, 11) is 0. The molecule has 0 saturated heterocycles. The summed E-state index contributed by atoms with van der Waals surface area (Å²) in [5.41, 5.74) is 8.17. The number of aromatic amines is 1. The number of H-pyrrole nitrogens is 1. The first-order valence-corrected chi connectivity index (χ1v) is 7.19. The van der Waals surface area contributed by atoms with E-state index >= 15 is 0 Å². The average molecular weight is 299 g/mol. The molecule has 0 unspecified atom stereocenters. The first kappa shape index (κ1) is 13.3. The van der Waals surface area contributed by atoms with Gasteiger partial charge in [-0.3, -0.25) is 20.6 Å². The van der Waals surface area contributed by atoms with Crippen molar-refractivity contribution in [2.75, 3.05) is 10.9 Å². The molecule has 1 aromatic carbocycles. The maximum absolute atomic E-state index is 11.3. The van der Waals surface area contributed by atoms with Gasteiger partial charge in [-0.2, -0.15) is 0 Å². The average Bonchev–Trinajstić information content (AvgIpc) is 2.94. The molecule has 0 amide bonds. The Morgan fingerprint density at radius 3 is 2.71 bits per heavy atom. The van der Waals surface area contributed by atoms with Crippen molar-refractivity contribution in [1.82, 2.24) is 15.0 Å². The highest BCUT2D eigenvalue weighted by Crippen LogP contribution is 2.24. The molecule has 6 nitrogen and oxygen atoms in total. The molecule has 0 aliphatic heterocycles. The van der Waals surface area contributed by atoms with Crippen LogP contribution in [0.5, 0.6) is 0 Å². The topological polar surface area (TPSA) is 82.7 Å². The van der Waals surface area contributed by atoms with Gasteiger partial charge in [0.1, 0.15) is 0 Å². The standard InChI is InChI=1S/C14H13N5OS/c1-9-7-12(20)17-13(15-9)18-19-14-16-11(8-21-14)10-5-3-2-4-6-10/h2-8H,1H3,(H,16,19)(H2,15,17,18,20). The van der Waals surface area contributed by atoms with Crippen molar-refractivity contribution < 1.29 is 0 Å². The zero-order valence-corrected chi connectivity index (χ0v) is 12.1. The molecule has 0 radical (unpaired) electrons. The number of nitrogens with zero attached hydrogens (tertiary/aromatic N) is 2. The van der Waals surface area contributed by atoms with E-state index in [0.717, 1.165) is 11.3 Å². The third-order valence-corrected chi connectivity index (χ3v) is 3.49. The molecule has 2 aromatic heterocycles. The van der Waals surface area contributed by atoms with Crippen LogP contribution in [0.4, 0.5) is 11.1 Å². The number of hydrogen-bond acceptors (Lipinski definition) is 6. The second-order valence-electron chi connectivity index (χ2n) is 4.39. The van der Waals surface area contributed by atoms with Gasteiger partial charge in [-0.25, -0.2) is 9.97 Å². The summed E-state index contributed by atoms with van der Waals surface area (Å²) in [6.07, 6.45) is 0. The van der Waals surface area contributed by atoms with Gasteiger partial charge in [-0.05, 0) is 6.92 Å². The number of aryl methyl sites for hydroxylation is 1. The van der Waals surface area contributed by atoms with Crippen molar-refractivity contribution in [3.8, 4) is 11.3 Å². The van der Waals surface area contributed by atoms with Gasteiger partial charge >= 0.3 is 0 Å².